The van der Waals surface area contributed by atoms with Gasteiger partial charge in [0.05, 0.1) is 21.5 Å². The molecule has 12 heteroatoms. The number of tetrazole rings is 1. The zero-order valence-corrected chi connectivity index (χ0v) is 17.3. The van der Waals surface area contributed by atoms with Crippen molar-refractivity contribution in [1.29, 1.82) is 0 Å². The third-order valence-electron chi connectivity index (χ3n) is 5.26. The molecule has 2 aromatic carbocycles. The zero-order chi connectivity index (χ0) is 22.3. The Bertz CT molecular complexity index is 1260. The number of piperazine rings is 1. The van der Waals surface area contributed by atoms with Crippen LogP contribution in [0.2, 0.25) is 0 Å². The number of rotatable bonds is 3. The van der Waals surface area contributed by atoms with Crippen LogP contribution in [0.1, 0.15) is 15.9 Å². The minimum Gasteiger partial charge on any atom is -0.345 e. The van der Waals surface area contributed by atoms with Gasteiger partial charge in [-0.1, -0.05) is 23.5 Å². The van der Waals surface area contributed by atoms with Crippen LogP contribution in [0.15, 0.2) is 48.8 Å². The van der Waals surface area contributed by atoms with E-state index in [1.165, 1.54) is 28.4 Å². The second-order valence-electron chi connectivity index (χ2n) is 7.23. The topological polar surface area (TPSA) is 80.0 Å². The van der Waals surface area contributed by atoms with E-state index in [0.29, 0.717) is 47.3 Å². The van der Waals surface area contributed by atoms with Gasteiger partial charge in [0, 0.05) is 31.7 Å². The first-order valence-electron chi connectivity index (χ1n) is 9.74. The molecule has 5 rings (SSSR count). The highest BCUT2D eigenvalue weighted by atomic mass is 32.1. The third-order valence-corrected chi connectivity index (χ3v) is 6.34. The molecule has 0 N–H and O–H groups in total. The second-order valence-corrected chi connectivity index (χ2v) is 8.24. The predicted molar refractivity (Wildman–Crippen MR) is 112 cm³/mol. The van der Waals surface area contributed by atoms with Gasteiger partial charge in [-0.3, -0.25) is 4.79 Å². The molecule has 3 heterocycles. The van der Waals surface area contributed by atoms with Crippen molar-refractivity contribution in [3.8, 4) is 5.69 Å². The summed E-state index contributed by atoms with van der Waals surface area (Å²) in [5, 5.41) is 11.6. The monoisotopic (exact) mass is 459 g/mol. The molecule has 8 nitrogen and oxygen atoms in total. The molecule has 4 aromatic rings. The molecule has 0 unspecified atom stereocenters. The van der Waals surface area contributed by atoms with Gasteiger partial charge in [0.15, 0.2) is 5.13 Å². The van der Waals surface area contributed by atoms with Gasteiger partial charge < -0.3 is 9.80 Å². The van der Waals surface area contributed by atoms with Gasteiger partial charge in [-0.05, 0) is 40.8 Å². The number of anilines is 1. The van der Waals surface area contributed by atoms with Gasteiger partial charge in [0.1, 0.15) is 6.33 Å². The number of hydrogen-bond acceptors (Lipinski definition) is 7. The fourth-order valence-corrected chi connectivity index (χ4v) is 4.69. The maximum atomic E-state index is 13.3. The lowest BCUT2D eigenvalue weighted by Crippen LogP contribution is -2.48. The van der Waals surface area contributed by atoms with Crippen molar-refractivity contribution in [2.24, 2.45) is 0 Å². The Morgan fingerprint density at radius 1 is 1.03 bits per heavy atom. The van der Waals surface area contributed by atoms with E-state index in [1.54, 1.807) is 35.2 Å². The molecular weight excluding hydrogens is 443 g/mol. The van der Waals surface area contributed by atoms with Gasteiger partial charge in [0.25, 0.3) is 5.91 Å². The molecule has 1 fully saturated rings. The molecule has 1 aliphatic rings. The Kier molecular flexibility index (Phi) is 5.00. The van der Waals surface area contributed by atoms with Crippen LogP contribution in [0, 0.1) is 0 Å². The highest BCUT2D eigenvalue weighted by Gasteiger charge is 2.34. The Hall–Kier alpha value is -3.54. The maximum Gasteiger partial charge on any atom is 0.418 e. The van der Waals surface area contributed by atoms with Crippen molar-refractivity contribution in [3.63, 3.8) is 0 Å². The van der Waals surface area contributed by atoms with Crippen LogP contribution >= 0.6 is 11.3 Å². The normalized spacial score (nSPS) is 14.8. The summed E-state index contributed by atoms with van der Waals surface area (Å²) < 4.78 is 41.8. The number of carbonyl (C=O) groups excluding carboxylic acids is 1. The molecule has 0 aliphatic carbocycles. The number of thiazole rings is 1. The van der Waals surface area contributed by atoms with E-state index in [-0.39, 0.29) is 11.4 Å². The predicted octanol–water partition coefficient (Wildman–Crippen LogP) is 3.25. The Morgan fingerprint density at radius 3 is 2.53 bits per heavy atom. The van der Waals surface area contributed by atoms with E-state index in [4.69, 9.17) is 0 Å². The minimum atomic E-state index is -4.45. The SMILES string of the molecule is O=C(c1cccc(-n2cnnn2)c1)N1CCN(c2nc3c(C(F)(F)F)cccc3s2)CC1. The number of carbonyl (C=O) groups is 1. The van der Waals surface area contributed by atoms with Crippen molar-refractivity contribution < 1.29 is 18.0 Å². The van der Waals surface area contributed by atoms with E-state index >= 15 is 0 Å². The van der Waals surface area contributed by atoms with E-state index in [1.807, 2.05) is 4.90 Å². The number of nitrogens with zero attached hydrogens (tertiary/aromatic N) is 7. The van der Waals surface area contributed by atoms with E-state index in [2.05, 4.69) is 20.5 Å². The first kappa shape index (κ1) is 20.4. The summed E-state index contributed by atoms with van der Waals surface area (Å²) in [6.07, 6.45) is -3.00. The summed E-state index contributed by atoms with van der Waals surface area (Å²) in [5.74, 6) is -0.122. The molecule has 1 saturated heterocycles. The highest BCUT2D eigenvalue weighted by Crippen LogP contribution is 2.38. The number of hydrogen-bond donors (Lipinski definition) is 0. The molecule has 0 saturated carbocycles. The summed E-state index contributed by atoms with van der Waals surface area (Å²) in [6.45, 7) is 1.85. The van der Waals surface area contributed by atoms with Gasteiger partial charge >= 0.3 is 6.18 Å². The standard InChI is InChI=1S/C20H16F3N7OS/c21-20(22,23)15-5-2-6-16-17(15)25-19(32-16)29-9-7-28(8-10-29)18(31)13-3-1-4-14(11-13)30-12-24-26-27-30/h1-6,11-12H,7-10H2. The Labute approximate surface area is 183 Å². The molecule has 0 spiro atoms. The van der Waals surface area contributed by atoms with Crippen LogP contribution in [-0.4, -0.2) is 62.2 Å². The lowest BCUT2D eigenvalue weighted by molar-refractivity contribution is -0.136. The summed E-state index contributed by atoms with van der Waals surface area (Å²) in [7, 11) is 0. The van der Waals surface area contributed by atoms with E-state index in [9.17, 15) is 18.0 Å². The van der Waals surface area contributed by atoms with Crippen molar-refractivity contribution in [2.75, 3.05) is 31.1 Å². The van der Waals surface area contributed by atoms with Crippen LogP contribution in [0.3, 0.4) is 0 Å². The zero-order valence-electron chi connectivity index (χ0n) is 16.5. The molecule has 0 bridgehead atoms. The number of aromatic nitrogens is 5. The molecule has 0 radical (unpaired) electrons. The lowest BCUT2D eigenvalue weighted by Gasteiger charge is -2.34. The van der Waals surface area contributed by atoms with E-state index in [0.717, 1.165) is 6.07 Å². The molecule has 32 heavy (non-hydrogen) atoms. The molecular formula is C20H16F3N7OS. The number of amides is 1. The molecule has 2 aromatic heterocycles. The van der Waals surface area contributed by atoms with Crippen LogP contribution in [0.4, 0.5) is 18.3 Å². The number of alkyl halides is 3. The number of halogens is 3. The summed E-state index contributed by atoms with van der Waals surface area (Å²) >= 11 is 1.23. The van der Waals surface area contributed by atoms with Gasteiger partial charge in [-0.25, -0.2) is 9.67 Å². The Morgan fingerprint density at radius 2 is 1.81 bits per heavy atom. The average molecular weight is 459 g/mol. The van der Waals surface area contributed by atoms with Crippen molar-refractivity contribution >= 4 is 32.6 Å². The maximum absolute atomic E-state index is 13.3. The fraction of sp³-hybridized carbons (Fsp3) is 0.250. The fourth-order valence-electron chi connectivity index (χ4n) is 3.65. The van der Waals surface area contributed by atoms with Gasteiger partial charge in [0.2, 0.25) is 0 Å². The highest BCUT2D eigenvalue weighted by molar-refractivity contribution is 7.22. The molecule has 1 amide bonds. The summed E-state index contributed by atoms with van der Waals surface area (Å²) in [5.41, 5.74) is 0.433. The van der Waals surface area contributed by atoms with Gasteiger partial charge in [-0.2, -0.15) is 13.2 Å². The average Bonchev–Trinajstić information content (AvgIpc) is 3.48. The molecule has 164 valence electrons. The number of para-hydroxylation sites is 1. The van der Waals surface area contributed by atoms with Gasteiger partial charge in [-0.15, -0.1) is 5.10 Å². The van der Waals surface area contributed by atoms with Crippen molar-refractivity contribution in [3.05, 3.63) is 59.9 Å². The van der Waals surface area contributed by atoms with Crippen LogP contribution < -0.4 is 4.90 Å². The van der Waals surface area contributed by atoms with Crippen LogP contribution in [0.25, 0.3) is 15.9 Å². The molecule has 0 atom stereocenters. The largest absolute Gasteiger partial charge is 0.418 e. The first-order chi connectivity index (χ1) is 15.4. The number of fused-ring (bicyclic) bond motifs is 1. The van der Waals surface area contributed by atoms with Crippen LogP contribution in [0.5, 0.6) is 0 Å². The minimum absolute atomic E-state index is 0.0297. The number of benzene rings is 2. The summed E-state index contributed by atoms with van der Waals surface area (Å²) in [4.78, 5) is 20.9. The smallest absolute Gasteiger partial charge is 0.345 e. The van der Waals surface area contributed by atoms with Crippen molar-refractivity contribution in [1.82, 2.24) is 30.1 Å². The Balaban J connectivity index is 1.30. The van der Waals surface area contributed by atoms with Crippen molar-refractivity contribution in [2.45, 2.75) is 6.18 Å². The lowest BCUT2D eigenvalue weighted by atomic mass is 10.1. The second kappa shape index (κ2) is 7.86. The molecule has 1 aliphatic heterocycles. The summed E-state index contributed by atoms with van der Waals surface area (Å²) in [6, 6.07) is 11.1. The quantitative estimate of drug-likeness (QED) is 0.468. The van der Waals surface area contributed by atoms with Crippen LogP contribution in [-0.2, 0) is 6.18 Å². The first-order valence-corrected chi connectivity index (χ1v) is 10.6. The third kappa shape index (κ3) is 3.77. The van der Waals surface area contributed by atoms with E-state index < -0.39 is 11.7 Å².